The number of rotatable bonds is 2. The van der Waals surface area contributed by atoms with Gasteiger partial charge >= 0.3 is 0 Å². The van der Waals surface area contributed by atoms with Gasteiger partial charge in [0, 0.05) is 12.1 Å². The van der Waals surface area contributed by atoms with Gasteiger partial charge in [-0.05, 0) is 5.56 Å². The van der Waals surface area contributed by atoms with Crippen LogP contribution in [0.3, 0.4) is 0 Å². The number of fused-ring (bicyclic) bond motifs is 1. The van der Waals surface area contributed by atoms with Gasteiger partial charge in [-0.1, -0.05) is 12.1 Å². The number of carbonyl (C=O) groups is 1. The minimum Gasteiger partial charge on any atom is -0.295 e. The summed E-state index contributed by atoms with van der Waals surface area (Å²) in [4.78, 5) is 25.9. The molecule has 96 valence electrons. The Morgan fingerprint density at radius 3 is 3.11 bits per heavy atom. The van der Waals surface area contributed by atoms with E-state index in [4.69, 9.17) is 0 Å². The number of non-ortho nitro benzene ring substituents is 1. The quantitative estimate of drug-likeness (QED) is 0.643. The van der Waals surface area contributed by atoms with Crippen LogP contribution >= 0.6 is 0 Å². The lowest BCUT2D eigenvalue weighted by Gasteiger charge is -2.23. The zero-order valence-electron chi connectivity index (χ0n) is 9.68. The Morgan fingerprint density at radius 1 is 1.47 bits per heavy atom. The molecule has 1 aromatic heterocycles. The van der Waals surface area contributed by atoms with Crippen LogP contribution in [0.4, 0.5) is 11.6 Å². The summed E-state index contributed by atoms with van der Waals surface area (Å²) in [6.45, 7) is 0. The fraction of sp³-hybridized carbons (Fsp3) is 0.182. The molecule has 0 saturated heterocycles. The van der Waals surface area contributed by atoms with Crippen LogP contribution in [-0.2, 0) is 4.79 Å². The average Bonchev–Trinajstić information content (AvgIpc) is 2.85. The summed E-state index contributed by atoms with van der Waals surface area (Å²) in [7, 11) is 0. The first-order chi connectivity index (χ1) is 9.15. The maximum Gasteiger partial charge on any atom is 0.269 e. The number of nitrogens with one attached hydrogen (secondary N) is 1. The van der Waals surface area contributed by atoms with Crippen molar-refractivity contribution in [2.45, 2.75) is 12.5 Å². The molecule has 8 nitrogen and oxygen atoms in total. The van der Waals surface area contributed by atoms with E-state index in [1.165, 1.54) is 18.5 Å². The minimum absolute atomic E-state index is 0.00912. The highest BCUT2D eigenvalue weighted by Crippen LogP contribution is 2.29. The van der Waals surface area contributed by atoms with Gasteiger partial charge in [-0.2, -0.15) is 10.1 Å². The van der Waals surface area contributed by atoms with E-state index in [0.29, 0.717) is 11.5 Å². The van der Waals surface area contributed by atoms with E-state index < -0.39 is 4.92 Å². The standard InChI is InChI=1S/C11H9N5O3/c17-10-5-9(15-11(14-10)12-6-13-15)7-2-1-3-8(4-7)16(18)19/h1-4,6,9H,5H2,(H,12,13,14,17)/t9-/m1/s1. The molecule has 3 rings (SSSR count). The summed E-state index contributed by atoms with van der Waals surface area (Å²) in [5, 5.41) is 17.4. The molecule has 1 aromatic carbocycles. The van der Waals surface area contributed by atoms with E-state index >= 15 is 0 Å². The van der Waals surface area contributed by atoms with Crippen LogP contribution < -0.4 is 5.32 Å². The van der Waals surface area contributed by atoms with E-state index in [9.17, 15) is 14.9 Å². The summed E-state index contributed by atoms with van der Waals surface area (Å²) in [6.07, 6.45) is 1.52. The third-order valence-corrected chi connectivity index (χ3v) is 2.96. The predicted molar refractivity (Wildman–Crippen MR) is 64.5 cm³/mol. The predicted octanol–water partition coefficient (Wildman–Crippen LogP) is 1.12. The van der Waals surface area contributed by atoms with Gasteiger partial charge in [0.05, 0.1) is 17.4 Å². The van der Waals surface area contributed by atoms with Gasteiger partial charge in [0.1, 0.15) is 6.33 Å². The number of amides is 1. The summed E-state index contributed by atoms with van der Waals surface area (Å²) in [5.41, 5.74) is 0.654. The lowest BCUT2D eigenvalue weighted by molar-refractivity contribution is -0.384. The van der Waals surface area contributed by atoms with Crippen LogP contribution in [0.2, 0.25) is 0 Å². The molecule has 0 fully saturated rings. The second-order valence-corrected chi connectivity index (χ2v) is 4.15. The third-order valence-electron chi connectivity index (χ3n) is 2.96. The lowest BCUT2D eigenvalue weighted by Crippen LogP contribution is -2.29. The van der Waals surface area contributed by atoms with E-state index in [1.54, 1.807) is 16.8 Å². The molecule has 1 aliphatic heterocycles. The first kappa shape index (κ1) is 11.3. The molecular weight excluding hydrogens is 250 g/mol. The minimum atomic E-state index is -0.464. The zero-order valence-corrected chi connectivity index (χ0v) is 9.68. The van der Waals surface area contributed by atoms with E-state index in [0.717, 1.165) is 0 Å². The van der Waals surface area contributed by atoms with Crippen molar-refractivity contribution in [2.75, 3.05) is 5.32 Å². The highest BCUT2D eigenvalue weighted by molar-refractivity contribution is 5.91. The van der Waals surface area contributed by atoms with Crippen molar-refractivity contribution in [2.24, 2.45) is 0 Å². The highest BCUT2D eigenvalue weighted by atomic mass is 16.6. The van der Waals surface area contributed by atoms with Gasteiger partial charge in [0.15, 0.2) is 0 Å². The van der Waals surface area contributed by atoms with Gasteiger partial charge in [0.25, 0.3) is 5.69 Å². The summed E-state index contributed by atoms with van der Waals surface area (Å²) in [5.74, 6) is 0.171. The molecule has 2 heterocycles. The van der Waals surface area contributed by atoms with Crippen LogP contribution in [0.5, 0.6) is 0 Å². The molecule has 19 heavy (non-hydrogen) atoms. The number of anilines is 1. The van der Waals surface area contributed by atoms with Crippen LogP contribution in [0.1, 0.15) is 18.0 Å². The van der Waals surface area contributed by atoms with Crippen LogP contribution in [-0.4, -0.2) is 25.6 Å². The molecule has 0 spiro atoms. The number of benzene rings is 1. The highest BCUT2D eigenvalue weighted by Gasteiger charge is 2.28. The molecular formula is C11H9N5O3. The Kier molecular flexibility index (Phi) is 2.48. The molecule has 0 unspecified atom stereocenters. The number of nitro groups is 1. The smallest absolute Gasteiger partial charge is 0.269 e. The van der Waals surface area contributed by atoms with Crippen molar-refractivity contribution in [3.8, 4) is 0 Å². The Morgan fingerprint density at radius 2 is 2.32 bits per heavy atom. The number of nitro benzene ring substituents is 1. The van der Waals surface area contributed by atoms with Gasteiger partial charge in [-0.25, -0.2) is 4.68 Å². The largest absolute Gasteiger partial charge is 0.295 e. The van der Waals surface area contributed by atoms with Crippen molar-refractivity contribution in [3.05, 3.63) is 46.3 Å². The molecule has 1 aliphatic rings. The molecule has 1 amide bonds. The molecule has 0 aliphatic carbocycles. The van der Waals surface area contributed by atoms with E-state index in [2.05, 4.69) is 15.4 Å². The van der Waals surface area contributed by atoms with Crippen molar-refractivity contribution < 1.29 is 9.72 Å². The summed E-state index contributed by atoms with van der Waals surface area (Å²) < 4.78 is 1.56. The lowest BCUT2D eigenvalue weighted by atomic mass is 10.0. The Hall–Kier alpha value is -2.77. The molecule has 0 radical (unpaired) electrons. The van der Waals surface area contributed by atoms with Crippen molar-refractivity contribution in [1.82, 2.24) is 14.8 Å². The Bertz CT molecular complexity index is 666. The van der Waals surface area contributed by atoms with Crippen LogP contribution in [0, 0.1) is 10.1 Å². The molecule has 1 atom stereocenters. The number of carbonyl (C=O) groups excluding carboxylic acids is 1. The van der Waals surface area contributed by atoms with Gasteiger partial charge in [0.2, 0.25) is 11.9 Å². The van der Waals surface area contributed by atoms with Crippen molar-refractivity contribution in [1.29, 1.82) is 0 Å². The SMILES string of the molecule is O=C1C[C@H](c2cccc([N+](=O)[O-])c2)n2ncnc2N1. The van der Waals surface area contributed by atoms with E-state index in [-0.39, 0.29) is 24.1 Å². The fourth-order valence-corrected chi connectivity index (χ4v) is 2.11. The second kappa shape index (κ2) is 4.16. The zero-order chi connectivity index (χ0) is 13.4. The summed E-state index contributed by atoms with van der Waals surface area (Å²) >= 11 is 0. The number of nitrogens with zero attached hydrogens (tertiary/aromatic N) is 4. The van der Waals surface area contributed by atoms with Crippen molar-refractivity contribution >= 4 is 17.5 Å². The van der Waals surface area contributed by atoms with Crippen LogP contribution in [0.15, 0.2) is 30.6 Å². The first-order valence-corrected chi connectivity index (χ1v) is 5.59. The number of aromatic nitrogens is 3. The first-order valence-electron chi connectivity index (χ1n) is 5.59. The Labute approximate surface area is 107 Å². The Balaban J connectivity index is 2.06. The molecule has 2 aromatic rings. The third kappa shape index (κ3) is 1.92. The topological polar surface area (TPSA) is 103 Å². The number of hydrogen-bond acceptors (Lipinski definition) is 5. The fourth-order valence-electron chi connectivity index (χ4n) is 2.11. The van der Waals surface area contributed by atoms with Gasteiger partial charge in [-0.3, -0.25) is 20.2 Å². The molecule has 0 saturated carbocycles. The molecule has 0 bridgehead atoms. The normalized spacial score (nSPS) is 17.7. The molecule has 1 N–H and O–H groups in total. The monoisotopic (exact) mass is 259 g/mol. The second-order valence-electron chi connectivity index (χ2n) is 4.15. The van der Waals surface area contributed by atoms with Gasteiger partial charge < -0.3 is 0 Å². The van der Waals surface area contributed by atoms with Crippen LogP contribution in [0.25, 0.3) is 0 Å². The van der Waals surface area contributed by atoms with Gasteiger partial charge in [-0.15, -0.1) is 0 Å². The maximum absolute atomic E-state index is 11.6. The number of hydrogen-bond donors (Lipinski definition) is 1. The molecule has 8 heteroatoms. The average molecular weight is 259 g/mol. The van der Waals surface area contributed by atoms with Crippen molar-refractivity contribution in [3.63, 3.8) is 0 Å². The van der Waals surface area contributed by atoms with E-state index in [1.807, 2.05) is 0 Å². The maximum atomic E-state index is 11.6. The summed E-state index contributed by atoms with van der Waals surface area (Å²) in [6, 6.07) is 5.83.